The lowest BCUT2D eigenvalue weighted by Gasteiger charge is -2.16. The number of carbonyl (C=O) groups excluding carboxylic acids is 1. The number of hydrogen-bond acceptors (Lipinski definition) is 6. The highest BCUT2D eigenvalue weighted by Gasteiger charge is 2.44. The molecule has 1 aliphatic carbocycles. The molecular weight excluding hydrogens is 296 g/mol. The average molecular weight is 314 g/mol. The Morgan fingerprint density at radius 2 is 2.29 bits per heavy atom. The van der Waals surface area contributed by atoms with Crippen molar-refractivity contribution in [3.05, 3.63) is 17.8 Å². The Balaban J connectivity index is 1.65. The van der Waals surface area contributed by atoms with Gasteiger partial charge >= 0.3 is 0 Å². The number of nitrogens with one attached hydrogen (secondary N) is 1. The van der Waals surface area contributed by atoms with Crippen LogP contribution >= 0.6 is 0 Å². The van der Waals surface area contributed by atoms with E-state index in [0.717, 1.165) is 19.3 Å². The summed E-state index contributed by atoms with van der Waals surface area (Å²) in [6.07, 6.45) is 3.59. The Kier molecular flexibility index (Phi) is 3.75. The molecule has 0 unspecified atom stereocenters. The van der Waals surface area contributed by atoms with Gasteiger partial charge in [-0.25, -0.2) is 13.4 Å². The van der Waals surface area contributed by atoms with Crippen molar-refractivity contribution >= 4 is 15.9 Å². The number of amides is 1. The first kappa shape index (κ1) is 14.5. The lowest BCUT2D eigenvalue weighted by Crippen LogP contribution is -2.41. The van der Waals surface area contributed by atoms with Crippen molar-refractivity contribution in [1.29, 1.82) is 0 Å². The molecule has 0 aromatic carbocycles. The molecule has 8 heteroatoms. The Labute approximate surface area is 123 Å². The number of oxazole rings is 1. The first-order valence-corrected chi connectivity index (χ1v) is 8.66. The molecule has 1 aromatic heterocycles. The van der Waals surface area contributed by atoms with E-state index < -0.39 is 22.0 Å². The molecule has 1 saturated heterocycles. The van der Waals surface area contributed by atoms with Crippen LogP contribution in [0.2, 0.25) is 0 Å². The molecular formula is C13H18N2O5S. The fraction of sp³-hybridized carbons (Fsp3) is 0.692. The van der Waals surface area contributed by atoms with Crippen LogP contribution < -0.4 is 4.72 Å². The van der Waals surface area contributed by atoms with Gasteiger partial charge < -0.3 is 9.15 Å². The van der Waals surface area contributed by atoms with Crippen molar-refractivity contribution in [2.75, 3.05) is 6.61 Å². The third-order valence-electron chi connectivity index (χ3n) is 4.28. The largest absolute Gasteiger partial charge is 0.448 e. The molecule has 0 spiro atoms. The van der Waals surface area contributed by atoms with Gasteiger partial charge in [0.25, 0.3) is 5.91 Å². The number of rotatable bonds is 4. The highest BCUT2D eigenvalue weighted by atomic mass is 32.2. The van der Waals surface area contributed by atoms with Crippen LogP contribution in [0, 0.1) is 18.8 Å². The smallest absolute Gasteiger partial charge is 0.262 e. The fourth-order valence-corrected chi connectivity index (χ4v) is 4.32. The molecule has 1 N–H and O–H groups in total. The summed E-state index contributed by atoms with van der Waals surface area (Å²) in [5, 5.41) is 0. The van der Waals surface area contributed by atoms with Crippen molar-refractivity contribution in [2.45, 2.75) is 38.0 Å². The number of nitrogens with zero attached hydrogens (tertiary/aromatic N) is 1. The van der Waals surface area contributed by atoms with Gasteiger partial charge in [0.2, 0.25) is 10.0 Å². The topological polar surface area (TPSA) is 98.5 Å². The zero-order chi connectivity index (χ0) is 15.0. The first-order chi connectivity index (χ1) is 9.96. The lowest BCUT2D eigenvalue weighted by atomic mass is 9.94. The first-order valence-electron chi connectivity index (χ1n) is 7.01. The van der Waals surface area contributed by atoms with Crippen LogP contribution in [-0.2, 0) is 25.3 Å². The van der Waals surface area contributed by atoms with Crippen molar-refractivity contribution in [3.8, 4) is 0 Å². The van der Waals surface area contributed by atoms with Crippen LogP contribution in [0.5, 0.6) is 0 Å². The van der Waals surface area contributed by atoms with E-state index in [4.69, 9.17) is 9.15 Å². The highest BCUT2D eigenvalue weighted by molar-refractivity contribution is 7.89. The zero-order valence-electron chi connectivity index (χ0n) is 11.7. The number of carbonyl (C=O) groups is 1. The van der Waals surface area contributed by atoms with Gasteiger partial charge in [0.15, 0.2) is 6.39 Å². The van der Waals surface area contributed by atoms with E-state index in [1.54, 1.807) is 6.92 Å². The molecule has 1 aliphatic heterocycles. The SMILES string of the molecule is Cc1ocnc1CS(=O)(=O)NC(=O)[C@@H]1OC[C@@H]2CCC[C@@H]21. The Morgan fingerprint density at radius 3 is 3.00 bits per heavy atom. The van der Waals surface area contributed by atoms with Crippen LogP contribution in [0.1, 0.15) is 30.7 Å². The van der Waals surface area contributed by atoms with Crippen LogP contribution in [0.25, 0.3) is 0 Å². The predicted octanol–water partition coefficient (Wildman–Crippen LogP) is 0.744. The fourth-order valence-electron chi connectivity index (χ4n) is 3.19. The average Bonchev–Trinajstić information content (AvgIpc) is 3.05. The predicted molar refractivity (Wildman–Crippen MR) is 72.6 cm³/mol. The van der Waals surface area contributed by atoms with Gasteiger partial charge in [-0.3, -0.25) is 9.52 Å². The number of ether oxygens (including phenoxy) is 1. The lowest BCUT2D eigenvalue weighted by molar-refractivity contribution is -0.129. The summed E-state index contributed by atoms with van der Waals surface area (Å²) in [5.41, 5.74) is 0.307. The maximum Gasteiger partial charge on any atom is 0.262 e. The summed E-state index contributed by atoms with van der Waals surface area (Å²) in [7, 11) is -3.79. The number of aromatic nitrogens is 1. The summed E-state index contributed by atoms with van der Waals surface area (Å²) in [5.74, 6) is 0.0311. The van der Waals surface area contributed by atoms with Crippen molar-refractivity contribution in [2.24, 2.45) is 11.8 Å². The van der Waals surface area contributed by atoms with E-state index >= 15 is 0 Å². The molecule has 2 fully saturated rings. The molecule has 0 bridgehead atoms. The normalized spacial score (nSPS) is 28.5. The minimum absolute atomic E-state index is 0.147. The van der Waals surface area contributed by atoms with Crippen molar-refractivity contribution in [1.82, 2.24) is 9.71 Å². The molecule has 1 amide bonds. The van der Waals surface area contributed by atoms with E-state index in [-0.39, 0.29) is 11.7 Å². The third kappa shape index (κ3) is 2.96. The van der Waals surface area contributed by atoms with Crippen molar-refractivity contribution < 1.29 is 22.4 Å². The molecule has 0 radical (unpaired) electrons. The second kappa shape index (κ2) is 5.42. The molecule has 1 saturated carbocycles. The van der Waals surface area contributed by atoms with Gasteiger partial charge in [0, 0.05) is 0 Å². The molecule has 2 aliphatic rings. The van der Waals surface area contributed by atoms with Crippen LogP contribution in [0.3, 0.4) is 0 Å². The summed E-state index contributed by atoms with van der Waals surface area (Å²) in [6, 6.07) is 0. The zero-order valence-corrected chi connectivity index (χ0v) is 12.6. The third-order valence-corrected chi connectivity index (χ3v) is 5.45. The monoisotopic (exact) mass is 314 g/mol. The minimum atomic E-state index is -3.79. The second-order valence-electron chi connectivity index (χ2n) is 5.69. The molecule has 116 valence electrons. The van der Waals surface area contributed by atoms with Crippen LogP contribution in [0.4, 0.5) is 0 Å². The minimum Gasteiger partial charge on any atom is -0.448 e. The Bertz CT molecular complexity index is 639. The molecule has 7 nitrogen and oxygen atoms in total. The summed E-state index contributed by atoms with van der Waals surface area (Å²) < 4.78 is 36.6. The van der Waals surface area contributed by atoms with Crippen LogP contribution in [0.15, 0.2) is 10.8 Å². The summed E-state index contributed by atoms with van der Waals surface area (Å²) in [6.45, 7) is 2.17. The van der Waals surface area contributed by atoms with Gasteiger partial charge in [-0.05, 0) is 31.6 Å². The van der Waals surface area contributed by atoms with E-state index in [0.29, 0.717) is 24.0 Å². The maximum atomic E-state index is 12.2. The van der Waals surface area contributed by atoms with Crippen LogP contribution in [-0.4, -0.2) is 32.0 Å². The van der Waals surface area contributed by atoms with Gasteiger partial charge in [0.05, 0.1) is 12.3 Å². The molecule has 2 heterocycles. The Hall–Kier alpha value is -1.41. The Morgan fingerprint density at radius 1 is 1.48 bits per heavy atom. The number of aryl methyl sites for hydroxylation is 1. The molecule has 1 aromatic rings. The molecule has 3 atom stereocenters. The molecule has 21 heavy (non-hydrogen) atoms. The number of hydrogen-bond donors (Lipinski definition) is 1. The maximum absolute atomic E-state index is 12.2. The van der Waals surface area contributed by atoms with Gasteiger partial charge in [0.1, 0.15) is 17.6 Å². The van der Waals surface area contributed by atoms with E-state index in [2.05, 4.69) is 9.71 Å². The number of sulfonamides is 1. The van der Waals surface area contributed by atoms with Crippen molar-refractivity contribution in [3.63, 3.8) is 0 Å². The second-order valence-corrected chi connectivity index (χ2v) is 7.41. The van der Waals surface area contributed by atoms with Gasteiger partial charge in [-0.1, -0.05) is 6.42 Å². The van der Waals surface area contributed by atoms with E-state index in [1.165, 1.54) is 6.39 Å². The highest BCUT2D eigenvalue weighted by Crippen LogP contribution is 2.40. The van der Waals surface area contributed by atoms with E-state index in [9.17, 15) is 13.2 Å². The molecule has 3 rings (SSSR count). The standard InChI is InChI=1S/C13H18N2O5S/c1-8-11(14-7-20-8)6-21(17,18)15-13(16)12-10-4-2-3-9(10)5-19-12/h7,9-10,12H,2-6H2,1H3,(H,15,16)/t9-,10-,12+/m0/s1. The number of fused-ring (bicyclic) bond motifs is 1. The summed E-state index contributed by atoms with van der Waals surface area (Å²) >= 11 is 0. The van der Waals surface area contributed by atoms with E-state index in [1.807, 2.05) is 0 Å². The summed E-state index contributed by atoms with van der Waals surface area (Å²) in [4.78, 5) is 16.0. The quantitative estimate of drug-likeness (QED) is 0.880. The van der Waals surface area contributed by atoms with Gasteiger partial charge in [-0.2, -0.15) is 0 Å². The van der Waals surface area contributed by atoms with Gasteiger partial charge in [-0.15, -0.1) is 0 Å².